The molecular weight excluding hydrogens is 673 g/mol. The van der Waals surface area contributed by atoms with Crippen LogP contribution in [0.15, 0.2) is 175 Å². The van der Waals surface area contributed by atoms with Crippen molar-refractivity contribution in [2.45, 2.75) is 57.1 Å². The molecule has 49 heavy (non-hydrogen) atoms. The van der Waals surface area contributed by atoms with E-state index in [0.29, 0.717) is 9.79 Å². The highest BCUT2D eigenvalue weighted by Gasteiger charge is 2.19. The Morgan fingerprint density at radius 3 is 0.551 bits per heavy atom. The normalized spacial score (nSPS) is 11.8. The lowest BCUT2D eigenvalue weighted by molar-refractivity contribution is 0.594. The number of aryl methyl sites for hydroxylation is 4. The Labute approximate surface area is 289 Å². The van der Waals surface area contributed by atoms with Gasteiger partial charge in [0.25, 0.3) is 0 Å². The van der Waals surface area contributed by atoms with Crippen LogP contribution in [0.5, 0.6) is 0 Å². The van der Waals surface area contributed by atoms with Crippen molar-refractivity contribution in [1.82, 2.24) is 0 Å². The fourth-order valence-electron chi connectivity index (χ4n) is 4.93. The number of benzene rings is 6. The lowest BCUT2D eigenvalue weighted by Crippen LogP contribution is -2.02. The van der Waals surface area contributed by atoms with Gasteiger partial charge in [0.15, 0.2) is 0 Å². The van der Waals surface area contributed by atoms with Gasteiger partial charge in [0.05, 0.1) is 29.4 Å². The number of rotatable bonds is 7. The summed E-state index contributed by atoms with van der Waals surface area (Å²) in [5, 5.41) is 0. The van der Waals surface area contributed by atoms with Gasteiger partial charge in [-0.2, -0.15) is 0 Å². The summed E-state index contributed by atoms with van der Waals surface area (Å²) < 4.78 is 75.9. The van der Waals surface area contributed by atoms with Crippen LogP contribution in [-0.2, 0) is 29.5 Å². The van der Waals surface area contributed by atoms with E-state index in [-0.39, 0.29) is 19.6 Å². The molecule has 250 valence electrons. The molecule has 0 N–H and O–H groups in total. The Kier molecular flexibility index (Phi) is 10.4. The molecule has 0 unspecified atom stereocenters. The van der Waals surface area contributed by atoms with Crippen molar-refractivity contribution in [1.29, 1.82) is 0 Å². The minimum absolute atomic E-state index is 0.212. The highest BCUT2D eigenvalue weighted by molar-refractivity contribution is 7.92. The van der Waals surface area contributed by atoms with E-state index in [0.717, 1.165) is 33.4 Å². The molecule has 0 radical (unpaired) electrons. The smallest absolute Gasteiger partial charge is 0.206 e. The summed E-state index contributed by atoms with van der Waals surface area (Å²) in [5.74, 6) is 0. The Morgan fingerprint density at radius 2 is 0.388 bits per heavy atom. The van der Waals surface area contributed by atoms with E-state index in [1.54, 1.807) is 146 Å². The zero-order valence-corrected chi connectivity index (χ0v) is 30.0. The average Bonchev–Trinajstić information content (AvgIpc) is 3.09. The lowest BCUT2D eigenvalue weighted by atomic mass is 10.1. The highest BCUT2D eigenvalue weighted by Crippen LogP contribution is 2.28. The van der Waals surface area contributed by atoms with Crippen LogP contribution in [0.3, 0.4) is 0 Å². The zero-order chi connectivity index (χ0) is 35.4. The lowest BCUT2D eigenvalue weighted by Gasteiger charge is -2.09. The van der Waals surface area contributed by atoms with Crippen LogP contribution in [0.2, 0.25) is 0 Å². The summed E-state index contributed by atoms with van der Waals surface area (Å²) in [6.45, 7) is 7.68. The van der Waals surface area contributed by atoms with E-state index in [1.807, 2.05) is 27.7 Å². The molecule has 6 nitrogen and oxygen atoms in total. The molecule has 6 aromatic rings. The molecule has 0 amide bonds. The first kappa shape index (κ1) is 35.5. The van der Waals surface area contributed by atoms with Crippen molar-refractivity contribution >= 4 is 29.5 Å². The molecule has 0 aliphatic heterocycles. The van der Waals surface area contributed by atoms with Gasteiger partial charge in [0.1, 0.15) is 0 Å². The molecule has 0 saturated heterocycles. The summed E-state index contributed by atoms with van der Waals surface area (Å²) in [6, 6.07) is 40.5. The van der Waals surface area contributed by atoms with E-state index in [4.69, 9.17) is 0 Å². The second kappa shape index (κ2) is 14.3. The first-order chi connectivity index (χ1) is 23.2. The third kappa shape index (κ3) is 8.08. The van der Waals surface area contributed by atoms with E-state index in [9.17, 15) is 25.3 Å². The van der Waals surface area contributed by atoms with E-state index in [1.165, 1.54) is 0 Å². The van der Waals surface area contributed by atoms with Gasteiger partial charge in [-0.1, -0.05) is 95.1 Å². The summed E-state index contributed by atoms with van der Waals surface area (Å²) in [4.78, 5) is 1.61. The van der Waals surface area contributed by atoms with Crippen molar-refractivity contribution in [2.24, 2.45) is 0 Å². The van der Waals surface area contributed by atoms with Crippen molar-refractivity contribution in [2.75, 3.05) is 0 Å². The quantitative estimate of drug-likeness (QED) is 0.164. The molecule has 0 atom stereocenters. The molecule has 0 saturated carbocycles. The van der Waals surface area contributed by atoms with Crippen LogP contribution in [-0.4, -0.2) is 25.3 Å². The third-order valence-corrected chi connectivity index (χ3v) is 13.3. The van der Waals surface area contributed by atoms with Gasteiger partial charge in [-0.25, -0.2) is 25.3 Å². The minimum Gasteiger partial charge on any atom is -0.219 e. The van der Waals surface area contributed by atoms with Crippen LogP contribution in [0.1, 0.15) is 22.3 Å². The van der Waals surface area contributed by atoms with Gasteiger partial charge in [-0.3, -0.25) is 0 Å². The third-order valence-electron chi connectivity index (χ3n) is 7.99. The minimum atomic E-state index is -3.59. The van der Waals surface area contributed by atoms with Crippen LogP contribution < -0.4 is 0 Å². The summed E-state index contributed by atoms with van der Waals surface area (Å²) in [5.41, 5.74) is 5.68. The van der Waals surface area contributed by atoms with Gasteiger partial charge < -0.3 is 0 Å². The highest BCUT2D eigenvalue weighted by atomic mass is 32.2. The van der Waals surface area contributed by atoms with Crippen LogP contribution >= 0.6 is 0 Å². The molecule has 0 aliphatic rings. The van der Waals surface area contributed by atoms with E-state index >= 15 is 0 Å². The van der Waals surface area contributed by atoms with E-state index in [2.05, 4.69) is 0 Å². The fourth-order valence-corrected chi connectivity index (χ4v) is 8.71. The predicted molar refractivity (Wildman–Crippen MR) is 193 cm³/mol. The molecule has 6 aromatic carbocycles. The van der Waals surface area contributed by atoms with Crippen LogP contribution in [0, 0.1) is 27.7 Å². The molecular formula is C40H36O6S3. The van der Waals surface area contributed by atoms with Gasteiger partial charge in [0.2, 0.25) is 29.5 Å². The largest absolute Gasteiger partial charge is 0.219 e. The first-order valence-electron chi connectivity index (χ1n) is 15.4. The Hall–Kier alpha value is -4.83. The second-order valence-corrected chi connectivity index (χ2v) is 17.7. The molecule has 9 heteroatoms. The maximum atomic E-state index is 12.8. The Balaban J connectivity index is 0.000000232. The number of hydrogen-bond acceptors (Lipinski definition) is 6. The Morgan fingerprint density at radius 1 is 0.245 bits per heavy atom. The van der Waals surface area contributed by atoms with Gasteiger partial charge in [-0.05, 0) is 112 Å². The monoisotopic (exact) mass is 708 g/mol. The molecule has 0 aliphatic carbocycles. The van der Waals surface area contributed by atoms with Crippen LogP contribution in [0.4, 0.5) is 0 Å². The van der Waals surface area contributed by atoms with Crippen LogP contribution in [0.25, 0.3) is 11.1 Å². The number of hydrogen-bond donors (Lipinski definition) is 0. The number of sulfone groups is 3. The summed E-state index contributed by atoms with van der Waals surface area (Å²) >= 11 is 0. The molecule has 6 rings (SSSR count). The van der Waals surface area contributed by atoms with Crippen molar-refractivity contribution < 1.29 is 25.3 Å². The van der Waals surface area contributed by atoms with Gasteiger partial charge in [-0.15, -0.1) is 0 Å². The van der Waals surface area contributed by atoms with Gasteiger partial charge in [0, 0.05) is 0 Å². The van der Waals surface area contributed by atoms with Crippen molar-refractivity contribution in [3.05, 3.63) is 168 Å². The molecule has 0 fully saturated rings. The average molecular weight is 709 g/mol. The predicted octanol–water partition coefficient (Wildman–Crippen LogP) is 8.77. The zero-order valence-electron chi connectivity index (χ0n) is 27.5. The summed E-state index contributed by atoms with van der Waals surface area (Å²) in [6.07, 6.45) is 0. The first-order valence-corrected chi connectivity index (χ1v) is 19.9. The summed E-state index contributed by atoms with van der Waals surface area (Å²) in [7, 11) is -10.6. The standard InChI is InChI=1S/C26H22O4S2.C14H14O2S/c1-19-3-11-23(12-4-19)31(27,28)25-15-7-21(8-16-25)22-9-17-26(18-10-22)32(29,30)24-13-5-20(2)6-14-24;1-11-3-7-13(8-4-11)17(15,16)14-9-5-12(2)6-10-14/h3-18H,1-2H3;3-10H,1-2H3. The topological polar surface area (TPSA) is 102 Å². The maximum absolute atomic E-state index is 12.8. The second-order valence-electron chi connectivity index (χ2n) is 11.8. The molecule has 0 heterocycles. The SMILES string of the molecule is Cc1ccc(S(=O)(=O)c2ccc(-c3ccc(S(=O)(=O)c4ccc(C)cc4)cc3)cc2)cc1.Cc1ccc(S(=O)(=O)c2ccc(C)cc2)cc1. The van der Waals surface area contributed by atoms with E-state index < -0.39 is 29.5 Å². The fraction of sp³-hybridized carbons (Fsp3) is 0.100. The Bertz CT molecular complexity index is 2210. The molecule has 0 bridgehead atoms. The molecule has 0 aromatic heterocycles. The van der Waals surface area contributed by atoms with Crippen molar-refractivity contribution in [3.8, 4) is 11.1 Å². The molecule has 0 spiro atoms. The van der Waals surface area contributed by atoms with Gasteiger partial charge >= 0.3 is 0 Å². The van der Waals surface area contributed by atoms with Crippen molar-refractivity contribution in [3.63, 3.8) is 0 Å². The maximum Gasteiger partial charge on any atom is 0.206 e.